The number of hydrogen-bond acceptors (Lipinski definition) is 1. The van der Waals surface area contributed by atoms with Gasteiger partial charge in [0.25, 0.3) is 5.91 Å². The van der Waals surface area contributed by atoms with Gasteiger partial charge in [0.05, 0.1) is 5.56 Å². The van der Waals surface area contributed by atoms with Gasteiger partial charge in [0.15, 0.2) is 0 Å². The maximum Gasteiger partial charge on any atom is 0.257 e. The fraction of sp³-hybridized carbons (Fsp3) is 0.211. The van der Waals surface area contributed by atoms with Crippen LogP contribution in [0.15, 0.2) is 48.7 Å². The smallest absolute Gasteiger partial charge is 0.257 e. The molecule has 2 aromatic carbocycles. The second-order valence-electron chi connectivity index (χ2n) is 6.64. The van der Waals surface area contributed by atoms with Crippen molar-refractivity contribution < 1.29 is 9.18 Å². The third-order valence-electron chi connectivity index (χ3n) is 3.87. The largest absolute Gasteiger partial charge is 0.360 e. The van der Waals surface area contributed by atoms with Crippen molar-refractivity contribution in [1.29, 1.82) is 0 Å². The van der Waals surface area contributed by atoms with E-state index in [1.165, 1.54) is 12.1 Å². The molecule has 4 heteroatoms. The predicted molar refractivity (Wildman–Crippen MR) is 91.4 cm³/mol. The molecule has 1 heterocycles. The van der Waals surface area contributed by atoms with Gasteiger partial charge in [0, 0.05) is 22.8 Å². The lowest BCUT2D eigenvalue weighted by atomic mass is 9.86. The molecule has 0 aliphatic heterocycles. The van der Waals surface area contributed by atoms with Crippen LogP contribution >= 0.6 is 0 Å². The number of aromatic amines is 1. The van der Waals surface area contributed by atoms with E-state index in [-0.39, 0.29) is 17.1 Å². The van der Waals surface area contributed by atoms with Crippen molar-refractivity contribution >= 4 is 22.5 Å². The molecule has 0 saturated carbocycles. The number of nitrogens with one attached hydrogen (secondary N) is 2. The Morgan fingerprint density at radius 2 is 1.87 bits per heavy atom. The molecule has 3 nitrogen and oxygen atoms in total. The maximum atomic E-state index is 13.3. The Labute approximate surface area is 134 Å². The molecular weight excluding hydrogens is 291 g/mol. The molecule has 2 N–H and O–H groups in total. The monoisotopic (exact) mass is 310 g/mol. The number of amides is 1. The molecule has 0 aliphatic rings. The molecule has 1 amide bonds. The van der Waals surface area contributed by atoms with Gasteiger partial charge in [-0.1, -0.05) is 39.0 Å². The van der Waals surface area contributed by atoms with Crippen molar-refractivity contribution in [2.45, 2.75) is 26.2 Å². The summed E-state index contributed by atoms with van der Waals surface area (Å²) in [7, 11) is 0. The van der Waals surface area contributed by atoms with Crippen molar-refractivity contribution in [3.8, 4) is 0 Å². The van der Waals surface area contributed by atoms with Gasteiger partial charge in [-0.2, -0.15) is 0 Å². The average molecular weight is 310 g/mol. The Morgan fingerprint density at radius 1 is 1.13 bits per heavy atom. The molecule has 23 heavy (non-hydrogen) atoms. The van der Waals surface area contributed by atoms with Gasteiger partial charge in [0.2, 0.25) is 0 Å². The molecule has 0 aliphatic carbocycles. The number of hydrogen-bond donors (Lipinski definition) is 2. The van der Waals surface area contributed by atoms with E-state index >= 15 is 0 Å². The minimum atomic E-state index is -0.329. The summed E-state index contributed by atoms with van der Waals surface area (Å²) in [6.45, 7) is 6.31. The lowest BCUT2D eigenvalue weighted by molar-refractivity contribution is 0.102. The third kappa shape index (κ3) is 2.97. The van der Waals surface area contributed by atoms with E-state index in [4.69, 9.17) is 0 Å². The Morgan fingerprint density at radius 3 is 2.61 bits per heavy atom. The molecule has 1 aromatic heterocycles. The summed E-state index contributed by atoms with van der Waals surface area (Å²) in [4.78, 5) is 15.6. The molecule has 0 atom stereocenters. The van der Waals surface area contributed by atoms with Crippen LogP contribution in [0.3, 0.4) is 0 Å². The highest BCUT2D eigenvalue weighted by Gasteiger charge is 2.20. The van der Waals surface area contributed by atoms with Crippen LogP contribution in [0.2, 0.25) is 0 Å². The zero-order chi connectivity index (χ0) is 16.6. The lowest BCUT2D eigenvalue weighted by Gasteiger charge is -2.22. The summed E-state index contributed by atoms with van der Waals surface area (Å²) in [5.41, 5.74) is 2.90. The minimum absolute atomic E-state index is 0.0762. The van der Waals surface area contributed by atoms with Crippen molar-refractivity contribution in [3.63, 3.8) is 0 Å². The van der Waals surface area contributed by atoms with Crippen molar-refractivity contribution in [2.75, 3.05) is 5.32 Å². The van der Waals surface area contributed by atoms with E-state index < -0.39 is 0 Å². The molecule has 0 saturated heterocycles. The second kappa shape index (κ2) is 5.54. The van der Waals surface area contributed by atoms with E-state index in [1.807, 2.05) is 24.3 Å². The van der Waals surface area contributed by atoms with Crippen molar-refractivity contribution in [3.05, 3.63) is 65.6 Å². The number of carbonyl (C=O) groups is 1. The van der Waals surface area contributed by atoms with Crippen molar-refractivity contribution in [1.82, 2.24) is 4.98 Å². The van der Waals surface area contributed by atoms with Crippen LogP contribution in [0.5, 0.6) is 0 Å². The number of rotatable bonds is 2. The summed E-state index contributed by atoms with van der Waals surface area (Å²) in [6.07, 6.45) is 1.61. The highest BCUT2D eigenvalue weighted by molar-refractivity contribution is 6.13. The first-order valence-electron chi connectivity index (χ1n) is 7.54. The standard InChI is InChI=1S/C19H19FN2O/c1-19(2,3)15-6-4-5-7-16(15)22-18(23)14-11-21-17-10-12(20)8-9-13(14)17/h4-11,21H,1-3H3,(H,22,23). The van der Waals surface area contributed by atoms with Crippen LogP contribution in [0, 0.1) is 5.82 Å². The molecule has 0 radical (unpaired) electrons. The van der Waals surface area contributed by atoms with Crippen LogP contribution in [0.25, 0.3) is 10.9 Å². The predicted octanol–water partition coefficient (Wildman–Crippen LogP) is 4.86. The molecule has 3 aromatic rings. The maximum absolute atomic E-state index is 13.3. The molecule has 0 bridgehead atoms. The first kappa shape index (κ1) is 15.3. The summed E-state index contributed by atoms with van der Waals surface area (Å²) in [5.74, 6) is -0.538. The number of benzene rings is 2. The molecule has 3 rings (SSSR count). The van der Waals surface area contributed by atoms with Gasteiger partial charge >= 0.3 is 0 Å². The van der Waals surface area contributed by atoms with Gasteiger partial charge in [-0.15, -0.1) is 0 Å². The normalized spacial score (nSPS) is 11.7. The van der Waals surface area contributed by atoms with Crippen LogP contribution in [0.1, 0.15) is 36.7 Å². The fourth-order valence-corrected chi connectivity index (χ4v) is 2.72. The van der Waals surface area contributed by atoms with Gasteiger partial charge in [-0.3, -0.25) is 4.79 Å². The number of H-pyrrole nitrogens is 1. The number of carbonyl (C=O) groups excluding carboxylic acids is 1. The van der Waals surface area contributed by atoms with Gasteiger partial charge < -0.3 is 10.3 Å². The lowest BCUT2D eigenvalue weighted by Crippen LogP contribution is -2.18. The van der Waals surface area contributed by atoms with E-state index in [2.05, 4.69) is 31.1 Å². The number of halogens is 1. The summed E-state index contributed by atoms with van der Waals surface area (Å²) in [6, 6.07) is 12.1. The number of fused-ring (bicyclic) bond motifs is 1. The van der Waals surface area contributed by atoms with Gasteiger partial charge in [0.1, 0.15) is 5.82 Å². The summed E-state index contributed by atoms with van der Waals surface area (Å²) < 4.78 is 13.3. The molecule has 0 spiro atoms. The Balaban J connectivity index is 1.96. The fourth-order valence-electron chi connectivity index (χ4n) is 2.72. The highest BCUT2D eigenvalue weighted by Crippen LogP contribution is 2.30. The zero-order valence-electron chi connectivity index (χ0n) is 13.4. The van der Waals surface area contributed by atoms with E-state index in [1.54, 1.807) is 12.3 Å². The van der Waals surface area contributed by atoms with Crippen LogP contribution in [0.4, 0.5) is 10.1 Å². The quantitative estimate of drug-likeness (QED) is 0.698. The Bertz CT molecular complexity index is 874. The van der Waals surface area contributed by atoms with E-state index in [0.29, 0.717) is 16.5 Å². The number of aromatic nitrogens is 1. The first-order chi connectivity index (χ1) is 10.9. The van der Waals surface area contributed by atoms with E-state index in [9.17, 15) is 9.18 Å². The zero-order valence-corrected chi connectivity index (χ0v) is 13.4. The number of anilines is 1. The van der Waals surface area contributed by atoms with Crippen LogP contribution in [-0.4, -0.2) is 10.9 Å². The van der Waals surface area contributed by atoms with Gasteiger partial charge in [-0.25, -0.2) is 4.39 Å². The third-order valence-corrected chi connectivity index (χ3v) is 3.87. The van der Waals surface area contributed by atoms with Crippen molar-refractivity contribution in [2.24, 2.45) is 0 Å². The SMILES string of the molecule is CC(C)(C)c1ccccc1NC(=O)c1c[nH]c2cc(F)ccc12. The minimum Gasteiger partial charge on any atom is -0.360 e. The van der Waals surface area contributed by atoms with Crippen LogP contribution < -0.4 is 5.32 Å². The van der Waals surface area contributed by atoms with E-state index in [0.717, 1.165) is 11.3 Å². The highest BCUT2D eigenvalue weighted by atomic mass is 19.1. The van der Waals surface area contributed by atoms with Crippen LogP contribution in [-0.2, 0) is 5.41 Å². The summed E-state index contributed by atoms with van der Waals surface area (Å²) in [5, 5.41) is 3.68. The number of para-hydroxylation sites is 1. The Kier molecular flexibility index (Phi) is 3.68. The topological polar surface area (TPSA) is 44.9 Å². The van der Waals surface area contributed by atoms with Gasteiger partial charge in [-0.05, 0) is 35.2 Å². The Hall–Kier alpha value is -2.62. The molecule has 0 unspecified atom stereocenters. The first-order valence-corrected chi connectivity index (χ1v) is 7.54. The average Bonchev–Trinajstić information content (AvgIpc) is 2.89. The molecule has 118 valence electrons. The summed E-state index contributed by atoms with van der Waals surface area (Å²) >= 11 is 0. The molecule has 0 fully saturated rings. The second-order valence-corrected chi connectivity index (χ2v) is 6.64. The molecular formula is C19H19FN2O.